The Morgan fingerprint density at radius 1 is 0.894 bits per heavy atom. The van der Waals surface area contributed by atoms with Gasteiger partial charge in [-0.1, -0.05) is 101 Å². The molecule has 1 saturated carbocycles. The number of ether oxygens (including phenoxy) is 6. The third-order valence-corrected chi connectivity index (χ3v) is 14.2. The SMILES string of the molecule is C=CCO[C@@]12Oc3ccc(OCCN4CC4)cc3[C@H]3[C@H](CCCCO)[C@@H](CCCCO)C=C(C(=NOC)C[C@@H]1N(Cc1ccc4c(c1)OCO4)C(=O)OCCCCCCCCCCCC)[C@H]32. The van der Waals surface area contributed by atoms with Crippen molar-refractivity contribution in [1.29, 1.82) is 0 Å². The molecule has 0 bridgehead atoms. The predicted molar refractivity (Wildman–Crippen MR) is 255 cm³/mol. The van der Waals surface area contributed by atoms with Crippen molar-refractivity contribution < 1.29 is 48.3 Å². The molecule has 0 radical (unpaired) electrons. The van der Waals surface area contributed by atoms with E-state index < -0.39 is 23.8 Å². The van der Waals surface area contributed by atoms with E-state index in [1.807, 2.05) is 30.3 Å². The lowest BCUT2D eigenvalue weighted by Crippen LogP contribution is -2.70. The molecule has 5 aliphatic rings. The van der Waals surface area contributed by atoms with Crippen LogP contribution in [0.25, 0.3) is 0 Å². The molecule has 13 nitrogen and oxygen atoms in total. The van der Waals surface area contributed by atoms with Crippen LogP contribution < -0.4 is 18.9 Å². The molecule has 364 valence electrons. The van der Waals surface area contributed by atoms with Crippen LogP contribution in [0.4, 0.5) is 4.79 Å². The summed E-state index contributed by atoms with van der Waals surface area (Å²) in [5.41, 5.74) is 3.58. The number of unbranched alkanes of at least 4 members (excludes halogenated alkanes) is 11. The van der Waals surface area contributed by atoms with Gasteiger partial charge in [-0.15, -0.1) is 6.58 Å². The number of nitrogens with zero attached hydrogens (tertiary/aromatic N) is 3. The van der Waals surface area contributed by atoms with E-state index in [2.05, 4.69) is 30.5 Å². The van der Waals surface area contributed by atoms with Gasteiger partial charge in [0.2, 0.25) is 12.6 Å². The molecule has 0 unspecified atom stereocenters. The molecule has 1 saturated heterocycles. The number of aliphatic hydroxyl groups excluding tert-OH is 2. The minimum absolute atomic E-state index is 0.0966. The molecule has 7 rings (SSSR count). The molecule has 6 atom stereocenters. The van der Waals surface area contributed by atoms with Gasteiger partial charge in [0.25, 0.3) is 0 Å². The Bertz CT molecular complexity index is 1920. The van der Waals surface area contributed by atoms with Crippen LogP contribution in [0, 0.1) is 17.8 Å². The van der Waals surface area contributed by atoms with E-state index in [1.54, 1.807) is 18.1 Å². The summed E-state index contributed by atoms with van der Waals surface area (Å²) < 4.78 is 38.8. The first-order valence-corrected chi connectivity index (χ1v) is 25.2. The number of carbonyl (C=O) groups is 1. The fourth-order valence-corrected chi connectivity index (χ4v) is 10.8. The summed E-state index contributed by atoms with van der Waals surface area (Å²) in [5.74, 6) is 0.950. The first-order chi connectivity index (χ1) is 32.4. The third-order valence-electron chi connectivity index (χ3n) is 14.2. The first kappa shape index (κ1) is 49.6. The molecular weight excluding hydrogens is 839 g/mol. The highest BCUT2D eigenvalue weighted by atomic mass is 16.7. The van der Waals surface area contributed by atoms with Crippen molar-refractivity contribution in [2.24, 2.45) is 22.9 Å². The number of carbonyl (C=O) groups excluding carboxylic acids is 1. The number of amides is 1. The highest BCUT2D eigenvalue weighted by Gasteiger charge is 2.65. The Balaban J connectivity index is 1.27. The van der Waals surface area contributed by atoms with Gasteiger partial charge in [-0.2, -0.15) is 0 Å². The Morgan fingerprint density at radius 3 is 2.35 bits per heavy atom. The zero-order valence-corrected chi connectivity index (χ0v) is 39.8. The predicted octanol–water partition coefficient (Wildman–Crippen LogP) is 9.93. The van der Waals surface area contributed by atoms with E-state index in [1.165, 1.54) is 44.9 Å². The van der Waals surface area contributed by atoms with Crippen LogP contribution in [0.3, 0.4) is 0 Å². The molecule has 0 spiro atoms. The quantitative estimate of drug-likeness (QED) is 0.0335. The zero-order valence-electron chi connectivity index (χ0n) is 39.8. The summed E-state index contributed by atoms with van der Waals surface area (Å²) in [6.45, 7) is 11.0. The Morgan fingerprint density at radius 2 is 1.62 bits per heavy atom. The molecule has 13 heteroatoms. The van der Waals surface area contributed by atoms with Gasteiger partial charge in [-0.3, -0.25) is 9.80 Å². The minimum atomic E-state index is -1.41. The molecule has 2 aliphatic carbocycles. The second-order valence-corrected chi connectivity index (χ2v) is 18.8. The van der Waals surface area contributed by atoms with Gasteiger partial charge in [-0.05, 0) is 85.4 Å². The summed E-state index contributed by atoms with van der Waals surface area (Å²) in [7, 11) is 1.56. The van der Waals surface area contributed by atoms with Crippen LogP contribution in [0.1, 0.15) is 133 Å². The maximum atomic E-state index is 15.0. The van der Waals surface area contributed by atoms with Crippen LogP contribution in [0.15, 0.2) is 65.9 Å². The summed E-state index contributed by atoms with van der Waals surface area (Å²) in [6.07, 6.45) is 20.5. The van der Waals surface area contributed by atoms with E-state index in [9.17, 15) is 15.0 Å². The van der Waals surface area contributed by atoms with Crippen molar-refractivity contribution in [2.75, 3.05) is 66.6 Å². The van der Waals surface area contributed by atoms with Gasteiger partial charge < -0.3 is 43.5 Å². The first-order valence-electron chi connectivity index (χ1n) is 25.2. The van der Waals surface area contributed by atoms with Crippen LogP contribution in [-0.2, 0) is 20.9 Å². The maximum absolute atomic E-state index is 15.0. The third kappa shape index (κ3) is 12.4. The average Bonchev–Trinajstić information content (AvgIpc) is 4.04. The molecule has 3 heterocycles. The lowest BCUT2D eigenvalue weighted by molar-refractivity contribution is -0.256. The lowest BCUT2D eigenvalue weighted by atomic mass is 9.55. The van der Waals surface area contributed by atoms with E-state index >= 15 is 0 Å². The van der Waals surface area contributed by atoms with Crippen molar-refractivity contribution in [3.05, 3.63) is 71.8 Å². The number of allylic oxidation sites excluding steroid dienone is 1. The van der Waals surface area contributed by atoms with Gasteiger partial charge >= 0.3 is 6.09 Å². The van der Waals surface area contributed by atoms with E-state index in [-0.39, 0.29) is 57.3 Å². The van der Waals surface area contributed by atoms with Gasteiger partial charge in [0.05, 0.1) is 24.8 Å². The van der Waals surface area contributed by atoms with Gasteiger partial charge in [0, 0.05) is 57.3 Å². The molecule has 3 aliphatic heterocycles. The molecule has 2 fully saturated rings. The number of hydrogen-bond donors (Lipinski definition) is 2. The standard InChI is InChI=1S/C53H77N3O10/c1-4-6-7-8-9-10-11-12-13-18-31-62-52(59)56(37-39-21-23-47-48(33-39)64-38-63-47)49-36-45(54-60-3)43-34-40(19-14-16-28-57)42(20-15-17-29-58)50-44-35-41(61-32-27-55-25-26-55)22-24-46(44)66-53(49,51(43)50)65-30-5-2/h5,21-24,33-35,40,42,49-51,57-58H,2,4,6-20,25-32,36-38H2,1,3H3/t40-,42+,49-,50+,51+,53+/m0/s1. The molecule has 2 aromatic rings. The molecule has 1 amide bonds. The molecular formula is C53H77N3O10. The van der Waals surface area contributed by atoms with E-state index in [4.69, 9.17) is 38.4 Å². The Labute approximate surface area is 393 Å². The molecule has 66 heavy (non-hydrogen) atoms. The molecule has 2 N–H and O–H groups in total. The number of aliphatic hydroxyl groups is 2. The number of rotatable bonds is 30. The van der Waals surface area contributed by atoms with E-state index in [0.29, 0.717) is 43.3 Å². The zero-order chi connectivity index (χ0) is 46.1. The highest BCUT2D eigenvalue weighted by molar-refractivity contribution is 6.03. The number of benzene rings is 2. The maximum Gasteiger partial charge on any atom is 0.410 e. The minimum Gasteiger partial charge on any atom is -0.492 e. The molecule has 0 aromatic heterocycles. The van der Waals surface area contributed by atoms with Gasteiger partial charge in [0.15, 0.2) is 11.5 Å². The van der Waals surface area contributed by atoms with Crippen molar-refractivity contribution in [1.82, 2.24) is 9.80 Å². The molecule has 2 aromatic carbocycles. The fourth-order valence-electron chi connectivity index (χ4n) is 10.8. The van der Waals surface area contributed by atoms with Gasteiger partial charge in [0.1, 0.15) is 31.3 Å². The smallest absolute Gasteiger partial charge is 0.410 e. The lowest BCUT2D eigenvalue weighted by Gasteiger charge is -2.59. The normalized spacial score (nSPS) is 24.2. The number of fused-ring (bicyclic) bond motifs is 3. The van der Waals surface area contributed by atoms with Crippen molar-refractivity contribution in [3.8, 4) is 23.0 Å². The topological polar surface area (TPSA) is 141 Å². The van der Waals surface area contributed by atoms with Crippen LogP contribution in [-0.4, -0.2) is 110 Å². The summed E-state index contributed by atoms with van der Waals surface area (Å²) >= 11 is 0. The largest absolute Gasteiger partial charge is 0.492 e. The highest BCUT2D eigenvalue weighted by Crippen LogP contribution is 2.62. The van der Waals surface area contributed by atoms with E-state index in [0.717, 1.165) is 92.7 Å². The monoisotopic (exact) mass is 916 g/mol. The average molecular weight is 916 g/mol. The summed E-state index contributed by atoms with van der Waals surface area (Å²) in [5, 5.41) is 24.7. The number of oxime groups is 1. The van der Waals surface area contributed by atoms with Crippen molar-refractivity contribution >= 4 is 11.8 Å². The summed E-state index contributed by atoms with van der Waals surface area (Å²) in [4.78, 5) is 24.8. The van der Waals surface area contributed by atoms with Crippen molar-refractivity contribution in [3.63, 3.8) is 0 Å². The Kier molecular flexibility index (Phi) is 18.9. The van der Waals surface area contributed by atoms with Crippen LogP contribution in [0.5, 0.6) is 23.0 Å². The fraction of sp³-hybridized carbons (Fsp3) is 0.660. The van der Waals surface area contributed by atoms with Crippen molar-refractivity contribution in [2.45, 2.75) is 140 Å². The second kappa shape index (κ2) is 25.2. The second-order valence-electron chi connectivity index (χ2n) is 18.8. The number of hydrogen-bond acceptors (Lipinski definition) is 12. The Hall–Kier alpha value is -4.30. The van der Waals surface area contributed by atoms with Crippen LogP contribution in [0.2, 0.25) is 0 Å². The summed E-state index contributed by atoms with van der Waals surface area (Å²) in [6, 6.07) is 11.2. The van der Waals surface area contributed by atoms with Crippen LogP contribution >= 0.6 is 0 Å². The van der Waals surface area contributed by atoms with Gasteiger partial charge in [-0.25, -0.2) is 4.79 Å².